The minimum Gasteiger partial charge on any atom is -0.409 e. The molecule has 4 N–H and O–H groups in total. The van der Waals surface area contributed by atoms with Gasteiger partial charge in [0.05, 0.1) is 5.60 Å². The number of amidine groups is 1. The molecule has 0 atom stereocenters. The number of ether oxygens (including phenoxy) is 1. The highest BCUT2D eigenvalue weighted by molar-refractivity contribution is 5.85. The predicted octanol–water partition coefficient (Wildman–Crippen LogP) is 1.16. The standard InChI is InChI=1S/C11H25N3O2/c1-10(2,9(12)14-15)6-7-13-8-11(3,4)16-5/h13,15H,6-8H2,1-5H3,(H2,12,14). The van der Waals surface area contributed by atoms with E-state index < -0.39 is 0 Å². The first-order chi connectivity index (χ1) is 7.25. The van der Waals surface area contributed by atoms with Crippen molar-refractivity contribution in [2.45, 2.75) is 39.7 Å². The lowest BCUT2D eigenvalue weighted by Crippen LogP contribution is -2.40. The van der Waals surface area contributed by atoms with Crippen molar-refractivity contribution in [3.63, 3.8) is 0 Å². The zero-order valence-corrected chi connectivity index (χ0v) is 11.0. The topological polar surface area (TPSA) is 79.9 Å². The third-order valence-corrected chi connectivity index (χ3v) is 2.83. The molecule has 0 saturated heterocycles. The summed E-state index contributed by atoms with van der Waals surface area (Å²) in [5, 5.41) is 15.0. The highest BCUT2D eigenvalue weighted by Gasteiger charge is 2.23. The maximum Gasteiger partial charge on any atom is 0.144 e. The Kier molecular flexibility index (Phi) is 5.75. The van der Waals surface area contributed by atoms with Gasteiger partial charge in [-0.3, -0.25) is 0 Å². The van der Waals surface area contributed by atoms with E-state index in [9.17, 15) is 0 Å². The van der Waals surface area contributed by atoms with Gasteiger partial charge >= 0.3 is 0 Å². The van der Waals surface area contributed by atoms with E-state index in [2.05, 4.69) is 10.5 Å². The fourth-order valence-electron chi connectivity index (χ4n) is 1.13. The van der Waals surface area contributed by atoms with Crippen molar-refractivity contribution in [3.05, 3.63) is 0 Å². The molecule has 0 heterocycles. The van der Waals surface area contributed by atoms with Gasteiger partial charge in [0.15, 0.2) is 0 Å². The van der Waals surface area contributed by atoms with Gasteiger partial charge in [-0.25, -0.2) is 0 Å². The van der Waals surface area contributed by atoms with Crippen LogP contribution in [0.1, 0.15) is 34.1 Å². The molecule has 0 fully saturated rings. The van der Waals surface area contributed by atoms with Gasteiger partial charge in [0.25, 0.3) is 0 Å². The van der Waals surface area contributed by atoms with Crippen LogP contribution in [-0.4, -0.2) is 36.8 Å². The number of methoxy groups -OCH3 is 1. The Morgan fingerprint density at radius 1 is 1.38 bits per heavy atom. The van der Waals surface area contributed by atoms with Gasteiger partial charge < -0.3 is 21.0 Å². The number of rotatable bonds is 7. The van der Waals surface area contributed by atoms with Gasteiger partial charge in [0.2, 0.25) is 0 Å². The summed E-state index contributed by atoms with van der Waals surface area (Å²) in [7, 11) is 1.70. The molecule has 0 aliphatic heterocycles. The molecule has 0 rings (SSSR count). The van der Waals surface area contributed by atoms with Crippen LogP contribution < -0.4 is 11.1 Å². The van der Waals surface area contributed by atoms with Gasteiger partial charge in [0, 0.05) is 19.1 Å². The molecule has 5 nitrogen and oxygen atoms in total. The lowest BCUT2D eigenvalue weighted by Gasteiger charge is -2.26. The van der Waals surface area contributed by atoms with E-state index in [0.717, 1.165) is 19.5 Å². The minimum atomic E-state index is -0.293. The van der Waals surface area contributed by atoms with Crippen LogP contribution in [0, 0.1) is 5.41 Å². The molecule has 0 radical (unpaired) electrons. The summed E-state index contributed by atoms with van der Waals surface area (Å²) in [6.07, 6.45) is 0.808. The highest BCUT2D eigenvalue weighted by Crippen LogP contribution is 2.19. The van der Waals surface area contributed by atoms with Gasteiger partial charge in [0.1, 0.15) is 5.84 Å². The monoisotopic (exact) mass is 231 g/mol. The molecule has 0 aliphatic rings. The first-order valence-corrected chi connectivity index (χ1v) is 5.49. The molecule has 0 spiro atoms. The molecule has 5 heteroatoms. The molecule has 0 aliphatic carbocycles. The zero-order valence-electron chi connectivity index (χ0n) is 11.0. The molecular weight excluding hydrogens is 206 g/mol. The summed E-state index contributed by atoms with van der Waals surface area (Å²) >= 11 is 0. The highest BCUT2D eigenvalue weighted by atomic mass is 16.5. The second-order valence-electron chi connectivity index (χ2n) is 5.26. The fourth-order valence-corrected chi connectivity index (χ4v) is 1.13. The lowest BCUT2D eigenvalue weighted by atomic mass is 9.88. The number of nitrogens with zero attached hydrogens (tertiary/aromatic N) is 1. The molecular formula is C11H25N3O2. The zero-order chi connectivity index (χ0) is 12.8. The van der Waals surface area contributed by atoms with E-state index in [1.54, 1.807) is 7.11 Å². The average molecular weight is 231 g/mol. The van der Waals surface area contributed by atoms with E-state index >= 15 is 0 Å². The maximum atomic E-state index is 8.62. The second kappa shape index (κ2) is 6.06. The third kappa shape index (κ3) is 5.32. The smallest absolute Gasteiger partial charge is 0.144 e. The number of nitrogens with one attached hydrogen (secondary N) is 1. The van der Waals surface area contributed by atoms with Gasteiger partial charge in [-0.1, -0.05) is 19.0 Å². The number of hydrogen-bond acceptors (Lipinski definition) is 4. The lowest BCUT2D eigenvalue weighted by molar-refractivity contribution is 0.0231. The van der Waals surface area contributed by atoms with Crippen LogP contribution in [0.15, 0.2) is 5.16 Å². The summed E-state index contributed by atoms with van der Waals surface area (Å²) in [6, 6.07) is 0. The Morgan fingerprint density at radius 3 is 2.38 bits per heavy atom. The van der Waals surface area contributed by atoms with Crippen LogP contribution in [0.25, 0.3) is 0 Å². The molecule has 0 bridgehead atoms. The van der Waals surface area contributed by atoms with Crippen molar-refractivity contribution in [2.24, 2.45) is 16.3 Å². The fraction of sp³-hybridized carbons (Fsp3) is 0.909. The van der Waals surface area contributed by atoms with Crippen LogP contribution in [0.2, 0.25) is 0 Å². The second-order valence-corrected chi connectivity index (χ2v) is 5.26. The van der Waals surface area contributed by atoms with Gasteiger partial charge in [-0.05, 0) is 26.8 Å². The van der Waals surface area contributed by atoms with E-state index in [0.29, 0.717) is 0 Å². The minimum absolute atomic E-state index is 0.166. The Labute approximate surface area is 98.0 Å². The summed E-state index contributed by atoms with van der Waals surface area (Å²) in [6.45, 7) is 9.52. The largest absolute Gasteiger partial charge is 0.409 e. The summed E-state index contributed by atoms with van der Waals surface area (Å²) in [5.41, 5.74) is 5.13. The van der Waals surface area contributed by atoms with Gasteiger partial charge in [-0.15, -0.1) is 0 Å². The predicted molar refractivity (Wildman–Crippen MR) is 65.8 cm³/mol. The summed E-state index contributed by atoms with van der Waals surface area (Å²) in [4.78, 5) is 0. The van der Waals surface area contributed by atoms with E-state index in [1.807, 2.05) is 27.7 Å². The Balaban J connectivity index is 3.91. The van der Waals surface area contributed by atoms with Crippen molar-refractivity contribution < 1.29 is 9.94 Å². The molecule has 0 aromatic rings. The Morgan fingerprint density at radius 2 is 1.94 bits per heavy atom. The maximum absolute atomic E-state index is 8.62. The van der Waals surface area contributed by atoms with Crippen molar-refractivity contribution in [1.82, 2.24) is 5.32 Å². The van der Waals surface area contributed by atoms with Crippen LogP contribution >= 0.6 is 0 Å². The molecule has 0 unspecified atom stereocenters. The molecule has 16 heavy (non-hydrogen) atoms. The average Bonchev–Trinajstić information content (AvgIpc) is 2.23. The van der Waals surface area contributed by atoms with E-state index in [4.69, 9.17) is 15.7 Å². The Hall–Kier alpha value is -0.810. The SMILES string of the molecule is COC(C)(C)CNCCC(C)(C)C(N)=NO. The first kappa shape index (κ1) is 15.2. The normalized spacial score (nSPS) is 14.2. The van der Waals surface area contributed by atoms with Crippen molar-refractivity contribution in [3.8, 4) is 0 Å². The van der Waals surface area contributed by atoms with Crippen molar-refractivity contribution in [1.29, 1.82) is 0 Å². The number of oxime groups is 1. The van der Waals surface area contributed by atoms with E-state index in [-0.39, 0.29) is 16.9 Å². The van der Waals surface area contributed by atoms with Crippen molar-refractivity contribution in [2.75, 3.05) is 20.2 Å². The van der Waals surface area contributed by atoms with Crippen LogP contribution in [0.3, 0.4) is 0 Å². The van der Waals surface area contributed by atoms with Crippen LogP contribution in [0.4, 0.5) is 0 Å². The molecule has 96 valence electrons. The van der Waals surface area contributed by atoms with Crippen LogP contribution in [-0.2, 0) is 4.74 Å². The summed E-state index contributed by atoms with van der Waals surface area (Å²) in [5.74, 6) is 0.264. The molecule has 0 amide bonds. The quantitative estimate of drug-likeness (QED) is 0.202. The number of nitrogens with two attached hydrogens (primary N) is 1. The molecule has 0 aromatic carbocycles. The van der Waals surface area contributed by atoms with Gasteiger partial charge in [-0.2, -0.15) is 0 Å². The molecule has 0 aromatic heterocycles. The molecule has 0 saturated carbocycles. The third-order valence-electron chi connectivity index (χ3n) is 2.83. The van der Waals surface area contributed by atoms with E-state index in [1.165, 1.54) is 0 Å². The Bertz CT molecular complexity index is 237. The summed E-state index contributed by atoms with van der Waals surface area (Å²) < 4.78 is 5.29. The first-order valence-electron chi connectivity index (χ1n) is 5.49. The van der Waals surface area contributed by atoms with Crippen molar-refractivity contribution >= 4 is 5.84 Å². The van der Waals surface area contributed by atoms with Crippen LogP contribution in [0.5, 0.6) is 0 Å². The number of hydrogen-bond donors (Lipinski definition) is 3.